The number of anilines is 2. The summed E-state index contributed by atoms with van der Waals surface area (Å²) in [7, 11) is 368. The molecular formula is C32H25B101ClN4O2. The summed E-state index contributed by atoms with van der Waals surface area (Å²) in [6.07, 6.45) is -89.5. The molecule has 0 aliphatic rings. The number of rotatable bonds is 55. The highest BCUT2D eigenvalue weighted by atomic mass is 35.5. The van der Waals surface area contributed by atoms with Crippen LogP contribution in [0.4, 0.5) is 11.4 Å². The number of benzene rings is 3. The molecule has 0 aliphatic heterocycles. The first-order chi connectivity index (χ1) is 64.9. The number of amides is 2. The van der Waals surface area contributed by atoms with Gasteiger partial charge in [0.25, 0.3) is 11.8 Å². The number of pyridine rings is 2. The Balaban J connectivity index is 0.000000855. The smallest absolute Gasteiger partial charge is 0.258 e. The second kappa shape index (κ2) is 62.5. The van der Waals surface area contributed by atoms with Gasteiger partial charge in [0, 0.05) is 780 Å². The van der Waals surface area contributed by atoms with E-state index >= 15 is 0 Å². The first kappa shape index (κ1) is 134. The Morgan fingerprint density at radius 3 is 0.543 bits per heavy atom. The van der Waals surface area contributed by atoms with Crippen molar-refractivity contribution in [1.82, 2.24) is 9.97 Å². The topological polar surface area (TPSA) is 66.4 Å². The summed E-state index contributed by atoms with van der Waals surface area (Å²) in [5, 5.41) is 0.307. The van der Waals surface area contributed by atoms with E-state index in [-0.39, 0.29) is 11.8 Å². The van der Waals surface area contributed by atoms with Gasteiger partial charge in [-0.1, -0.05) is 48.0 Å². The van der Waals surface area contributed by atoms with Crippen molar-refractivity contribution in [2.45, 2.75) is 0 Å². The Hall–Kier alpha value is 1.75. The van der Waals surface area contributed by atoms with Crippen molar-refractivity contribution in [3.63, 3.8) is 0 Å². The van der Waals surface area contributed by atoms with E-state index in [0.717, 1.165) is 29.6 Å². The van der Waals surface area contributed by atoms with E-state index in [1.54, 1.807) is 44.7 Å². The molecule has 0 aliphatic carbocycles. The molecule has 495 valence electrons. The van der Waals surface area contributed by atoms with Crippen LogP contribution in [0.2, 0.25) is 5.02 Å². The lowest BCUT2D eigenvalue weighted by molar-refractivity contribution is 0.0992. The predicted octanol–water partition coefficient (Wildman–Crippen LogP) is -31.4. The van der Waals surface area contributed by atoms with Crippen molar-refractivity contribution in [2.24, 2.45) is 0 Å². The van der Waals surface area contributed by atoms with Gasteiger partial charge in [-0.05, 0) is 66.7 Å². The third-order valence-corrected chi connectivity index (χ3v) is 28.2. The molecule has 6 nitrogen and oxygen atoms in total. The van der Waals surface area contributed by atoms with E-state index in [2.05, 4.69) is 9.97 Å². The summed E-state index contributed by atoms with van der Waals surface area (Å²) in [6, 6.07) is 31.3. The molecule has 0 unspecified atom stereocenters. The van der Waals surface area contributed by atoms with Gasteiger partial charge in [0.15, 0.2) is 0 Å². The van der Waals surface area contributed by atoms with Crippen molar-refractivity contribution in [2.75, 3.05) is 23.9 Å². The summed E-state index contributed by atoms with van der Waals surface area (Å²) in [5.41, 5.74) is 5.66. The van der Waals surface area contributed by atoms with Gasteiger partial charge in [-0.25, -0.2) is 0 Å². The number of aromatic nitrogens is 2. The summed E-state index contributed by atoms with van der Waals surface area (Å²) in [5.74, 6) is -0.556. The fourth-order valence-electron chi connectivity index (χ4n) is 22.5. The predicted molar refractivity (Wildman–Crippen MR) is 737 cm³/mol. The molecule has 2 heterocycles. The van der Waals surface area contributed by atoms with Crippen LogP contribution in [0.15, 0.2) is 116 Å². The Kier molecular flexibility index (Phi) is 59.8. The molecule has 2 aromatic heterocycles. The summed E-state index contributed by atoms with van der Waals surface area (Å²) in [6.45, 7) is 0. The quantitative estimate of drug-likeness (QED) is 0.0364. The summed E-state index contributed by atoms with van der Waals surface area (Å²) in [4.78, 5) is 38.5. The first-order valence-corrected chi connectivity index (χ1v) is 46.0. The normalized spacial score (nSPS) is 10.1. The number of halogens is 1. The van der Waals surface area contributed by atoms with Crippen LogP contribution in [-0.4, -0.2) is 750 Å². The Labute approximate surface area is 937 Å². The second-order valence-corrected chi connectivity index (χ2v) is 37.9. The molecule has 0 bridgehead atoms. The molecule has 0 saturated heterocycles. The zero-order chi connectivity index (χ0) is 107. The summed E-state index contributed by atoms with van der Waals surface area (Å²) < 4.78 is 0. The highest BCUT2D eigenvalue weighted by Gasteiger charge is 2.69. The first-order valence-electron chi connectivity index (χ1n) is 45.6. The van der Waals surface area contributed by atoms with Crippen LogP contribution in [0.1, 0.15) is 20.7 Å². The van der Waals surface area contributed by atoms with Crippen LogP contribution < -0.4 is 9.80 Å². The maximum absolute atomic E-state index is 13.4. The molecule has 0 spiro atoms. The van der Waals surface area contributed by atoms with Crippen molar-refractivity contribution in [3.05, 3.63) is 132 Å². The maximum atomic E-state index is 13.4. The van der Waals surface area contributed by atoms with Crippen molar-refractivity contribution < 1.29 is 9.59 Å². The molecular weight excluding hydrogens is 1600 g/mol. The van der Waals surface area contributed by atoms with Gasteiger partial charge in [0.2, 0.25) is 0 Å². The lowest BCUT2D eigenvalue weighted by Crippen LogP contribution is -3.01. The molecule has 0 fully saturated rings. The van der Waals surface area contributed by atoms with Crippen LogP contribution in [-0.2, 0) is 0 Å². The molecule has 0 N–H and O–H groups in total. The standard InChI is InChI=1S/C32H25ClN4O2.B101/c1-36(27-13-9-22(10-14-27)29-7-3-5-17-34-29)31(38)24-19-25(21-26(33)20-24)32(39)37(2)28-15-11-23(12-16-28)30-8-4-6-18-35-30;1-52-78(53(2)3)91(79(54(4)5)55(6)7)97(90(76(48)49)77(50)51)100(96(88(72(40)41)73(42)43)89(74(44)45)75(46)47)101(98(92(80(56(8)9)57(10)11)81(58(12)13)59(14)15)93(82(60(16)17)61(18)19)83(62(20)21)63(22)23)99(94(84(64(24)25)65(26)27)85(66(28)29)67(30)31)95(86(68(32)33)69(34)35)87(70(36)37)71(38)39/h3-21H,1-2H3;. The molecule has 3 aromatic carbocycles. The highest BCUT2D eigenvalue weighted by Crippen LogP contribution is 2.33. The van der Waals surface area contributed by atoms with Gasteiger partial charge in [-0.3, -0.25) is 19.6 Å². The van der Waals surface area contributed by atoms with Crippen molar-refractivity contribution in [1.29, 1.82) is 0 Å². The maximum Gasteiger partial charge on any atom is 0.258 e. The fraction of sp³-hybridized carbons (Fsp3) is 0.0625. The van der Waals surface area contributed by atoms with Gasteiger partial charge >= 0.3 is 0 Å². The number of hydrogen-bond acceptors (Lipinski definition) is 4. The third-order valence-electron chi connectivity index (χ3n) is 28.0. The number of hydrogen-bond donors (Lipinski definition) is 0. The zero-order valence-corrected chi connectivity index (χ0v) is 80.5. The molecule has 103 radical (unpaired) electrons. The van der Waals surface area contributed by atoms with Crippen LogP contribution >= 0.6 is 11.6 Å². The van der Waals surface area contributed by atoms with Gasteiger partial charge in [0.05, 0.1) is 11.4 Å². The monoisotopic (exact) mass is 1640 g/mol. The van der Waals surface area contributed by atoms with E-state index in [9.17, 15) is 9.59 Å². The average molecular weight is 1630 g/mol. The van der Waals surface area contributed by atoms with E-state index < -0.39 is 313 Å². The van der Waals surface area contributed by atoms with E-state index in [4.69, 9.17) is 406 Å². The number of nitrogens with zero attached hydrogens (tertiary/aromatic N) is 4. The largest absolute Gasteiger partial charge is 0.311 e. The summed E-state index contributed by atoms with van der Waals surface area (Å²) >= 11 is 6.36. The van der Waals surface area contributed by atoms with Crippen LogP contribution in [0.5, 0.6) is 0 Å². The lowest BCUT2D eigenvalue weighted by Gasteiger charge is -2.63. The van der Waals surface area contributed by atoms with Gasteiger partial charge in [0.1, 0.15) is 0 Å². The van der Waals surface area contributed by atoms with Gasteiger partial charge < -0.3 is 9.80 Å². The highest BCUT2D eigenvalue weighted by molar-refractivity contribution is 8.44. The molecule has 108 heteroatoms. The molecule has 0 saturated carbocycles. The zero-order valence-electron chi connectivity index (χ0n) is 79.8. The van der Waals surface area contributed by atoms with E-state index in [1.807, 2.05) is 84.9 Å². The van der Waals surface area contributed by atoms with Crippen LogP contribution in [0.25, 0.3) is 22.5 Å². The SMILES string of the molecule is CN(C(=O)c1cc(Cl)cc(C(=O)N(C)c2ccc(-c3ccccn3)cc2)c1)c1ccc(-c2ccccn2)cc1.[B][B]B(B([B])[B])B(B(B([B])[B])B([B])[B])B(B(B([B])[B])B([B])[B])B(B(B(B([B])[B])B([B])[B])B(B([B])[B])B([B])[B])B(B(B(B(B([B])[B])B([B])[B])B(B([B])[B])B([B])[B])B(B(B([B])[B])B([B])[B])B(B([B])[B])B([B])[B])B(B(B(B([B])[B])B([B])[B])B(B([B])[B])B([B])[B])B(B(B([B])[B])B([B])[B])B(B([B])[B])B([B])[B]. The molecule has 5 rings (SSSR count). The Morgan fingerprint density at radius 2 is 0.393 bits per heavy atom. The Bertz CT molecular complexity index is 3860. The van der Waals surface area contributed by atoms with Crippen molar-refractivity contribution >= 4 is 749 Å². The van der Waals surface area contributed by atoms with E-state index in [1.165, 1.54) is 9.80 Å². The minimum atomic E-state index is -2.33. The number of carbonyl (C=O) groups excluding carboxylic acids is 2. The van der Waals surface area contributed by atoms with E-state index in [0.29, 0.717) is 27.5 Å². The van der Waals surface area contributed by atoms with Crippen LogP contribution in [0, 0.1) is 0 Å². The second-order valence-electron chi connectivity index (χ2n) is 37.5. The van der Waals surface area contributed by atoms with Crippen molar-refractivity contribution in [3.8, 4) is 22.5 Å². The fourth-order valence-corrected chi connectivity index (χ4v) is 22.7. The molecule has 140 heavy (non-hydrogen) atoms. The number of carbonyl (C=O) groups is 2. The minimum absolute atomic E-state index is 0.278. The molecule has 0 atom stereocenters. The third kappa shape index (κ3) is 35.4. The minimum Gasteiger partial charge on any atom is -0.311 e. The Morgan fingerprint density at radius 1 is 0.229 bits per heavy atom. The molecule has 2 amide bonds. The molecule has 5 aromatic rings. The van der Waals surface area contributed by atoms with Gasteiger partial charge in [-0.15, -0.1) is 0 Å². The van der Waals surface area contributed by atoms with Crippen LogP contribution in [0.3, 0.4) is 0 Å². The van der Waals surface area contributed by atoms with Gasteiger partial charge in [-0.2, -0.15) is 0 Å². The average Bonchev–Trinajstić information content (AvgIpc) is 0.704. The lowest BCUT2D eigenvalue weighted by atomic mass is 8.18.